The highest BCUT2D eigenvalue weighted by Crippen LogP contribution is 2.27. The third-order valence-corrected chi connectivity index (χ3v) is 5.57. The van der Waals surface area contributed by atoms with E-state index in [0.717, 1.165) is 32.6 Å². The Balaban J connectivity index is 1.63. The lowest BCUT2D eigenvalue weighted by atomic mass is 10.2. The van der Waals surface area contributed by atoms with Gasteiger partial charge in [-0.1, -0.05) is 6.92 Å². The zero-order valence-electron chi connectivity index (χ0n) is 10.9. The molecule has 3 unspecified atom stereocenters. The summed E-state index contributed by atoms with van der Waals surface area (Å²) in [4.78, 5) is 2.32. The Labute approximate surface area is 105 Å². The van der Waals surface area contributed by atoms with Crippen LogP contribution in [0.3, 0.4) is 0 Å². The van der Waals surface area contributed by atoms with Gasteiger partial charge in [0.25, 0.3) is 0 Å². The predicted octanol–water partition coefficient (Wildman–Crippen LogP) is 0.685. The summed E-state index contributed by atoms with van der Waals surface area (Å²) in [6.07, 6.45) is 2.93. The van der Waals surface area contributed by atoms with Gasteiger partial charge in [0, 0.05) is 20.8 Å². The first-order chi connectivity index (χ1) is 8.26. The largest absolute Gasteiger partial charge is 0.400 e. The van der Waals surface area contributed by atoms with Gasteiger partial charge in [0.05, 0.1) is 13.2 Å². The van der Waals surface area contributed by atoms with Gasteiger partial charge in [-0.05, 0) is 18.4 Å². The first-order valence-electron chi connectivity index (χ1n) is 6.30. The van der Waals surface area contributed by atoms with Gasteiger partial charge in [-0.3, -0.25) is 0 Å². The summed E-state index contributed by atoms with van der Waals surface area (Å²) in [6, 6.07) is 0. The highest BCUT2D eigenvalue weighted by atomic mass is 28.3. The lowest BCUT2D eigenvalue weighted by Gasteiger charge is -2.21. The Hall–Kier alpha value is 0.0169. The predicted molar refractivity (Wildman–Crippen MR) is 66.0 cm³/mol. The van der Waals surface area contributed by atoms with Crippen LogP contribution in [0.5, 0.6) is 0 Å². The van der Waals surface area contributed by atoms with E-state index >= 15 is 0 Å². The van der Waals surface area contributed by atoms with Crippen LogP contribution in [0, 0.1) is 0 Å². The standard InChI is InChI=1S/C11H23NO4Si/c1-9(17(13-2)14-3)5-4-6-12(10-7-15-10)11-8-16-11/h9-11,17H,4-8H2,1-3H3. The molecular weight excluding hydrogens is 238 g/mol. The van der Waals surface area contributed by atoms with E-state index in [-0.39, 0.29) is 0 Å². The molecule has 0 aromatic carbocycles. The van der Waals surface area contributed by atoms with Crippen molar-refractivity contribution >= 4 is 9.28 Å². The van der Waals surface area contributed by atoms with Crippen LogP contribution in [0.2, 0.25) is 5.54 Å². The molecule has 0 saturated carbocycles. The molecule has 0 aromatic rings. The van der Waals surface area contributed by atoms with Crippen LogP contribution in [-0.4, -0.2) is 60.6 Å². The van der Waals surface area contributed by atoms with Crippen molar-refractivity contribution in [3.8, 4) is 0 Å². The maximum Gasteiger partial charge on any atom is 0.323 e. The third kappa shape index (κ3) is 4.01. The Morgan fingerprint density at radius 1 is 1.24 bits per heavy atom. The van der Waals surface area contributed by atoms with Crippen molar-refractivity contribution in [1.82, 2.24) is 4.90 Å². The molecule has 0 amide bonds. The Bertz CT molecular complexity index is 220. The zero-order valence-corrected chi connectivity index (χ0v) is 12.1. The Morgan fingerprint density at radius 3 is 2.18 bits per heavy atom. The number of hydrogen-bond acceptors (Lipinski definition) is 5. The molecule has 0 aliphatic carbocycles. The molecule has 0 radical (unpaired) electrons. The highest BCUT2D eigenvalue weighted by molar-refractivity contribution is 6.46. The van der Waals surface area contributed by atoms with Crippen molar-refractivity contribution in [1.29, 1.82) is 0 Å². The number of ether oxygens (including phenoxy) is 2. The zero-order chi connectivity index (χ0) is 12.3. The molecule has 100 valence electrons. The average molecular weight is 261 g/mol. The molecule has 3 atom stereocenters. The minimum atomic E-state index is -1.45. The fourth-order valence-corrected chi connectivity index (χ4v) is 3.86. The number of nitrogens with zero attached hydrogens (tertiary/aromatic N) is 1. The second-order valence-electron chi connectivity index (χ2n) is 4.77. The molecule has 0 bridgehead atoms. The molecule has 0 spiro atoms. The first kappa shape index (κ1) is 13.4. The Kier molecular flexibility index (Phi) is 4.95. The molecule has 17 heavy (non-hydrogen) atoms. The molecule has 2 aliphatic heterocycles. The van der Waals surface area contributed by atoms with Crippen molar-refractivity contribution in [3.05, 3.63) is 0 Å². The van der Waals surface area contributed by atoms with Gasteiger partial charge in [-0.2, -0.15) is 0 Å². The van der Waals surface area contributed by atoms with Crippen molar-refractivity contribution in [2.45, 2.75) is 37.8 Å². The topological polar surface area (TPSA) is 46.8 Å². The van der Waals surface area contributed by atoms with Crippen LogP contribution in [0.4, 0.5) is 0 Å². The van der Waals surface area contributed by atoms with Gasteiger partial charge in [0.2, 0.25) is 0 Å². The number of hydrogen-bond donors (Lipinski definition) is 0. The van der Waals surface area contributed by atoms with E-state index in [1.807, 2.05) is 0 Å². The van der Waals surface area contributed by atoms with Crippen LogP contribution in [0.15, 0.2) is 0 Å². The molecule has 6 heteroatoms. The Morgan fingerprint density at radius 2 is 1.76 bits per heavy atom. The van der Waals surface area contributed by atoms with Crippen LogP contribution in [0.25, 0.3) is 0 Å². The summed E-state index contributed by atoms with van der Waals surface area (Å²) < 4.78 is 21.4. The molecular formula is C11H23NO4Si. The fraction of sp³-hybridized carbons (Fsp3) is 1.00. The number of rotatable bonds is 9. The molecule has 2 saturated heterocycles. The van der Waals surface area contributed by atoms with Crippen molar-refractivity contribution < 1.29 is 18.3 Å². The van der Waals surface area contributed by atoms with E-state index in [2.05, 4.69) is 11.8 Å². The second kappa shape index (κ2) is 6.26. The van der Waals surface area contributed by atoms with Crippen molar-refractivity contribution in [3.63, 3.8) is 0 Å². The smallest absolute Gasteiger partial charge is 0.323 e. The summed E-state index contributed by atoms with van der Waals surface area (Å²) in [6.45, 7) is 5.00. The van der Waals surface area contributed by atoms with E-state index < -0.39 is 9.28 Å². The van der Waals surface area contributed by atoms with Crippen molar-refractivity contribution in [2.75, 3.05) is 34.0 Å². The minimum Gasteiger partial charge on any atom is -0.400 e. The van der Waals surface area contributed by atoms with E-state index in [1.54, 1.807) is 14.2 Å². The molecule has 0 aromatic heterocycles. The molecule has 2 aliphatic rings. The molecule has 5 nitrogen and oxygen atoms in total. The van der Waals surface area contributed by atoms with E-state index in [4.69, 9.17) is 18.3 Å². The lowest BCUT2D eigenvalue weighted by Crippen LogP contribution is -2.32. The second-order valence-corrected chi connectivity index (χ2v) is 7.59. The minimum absolute atomic E-state index is 0.315. The monoisotopic (exact) mass is 261 g/mol. The SMILES string of the molecule is CO[SiH](OC)C(C)CCCN(C1CO1)C1CO1. The van der Waals surface area contributed by atoms with Gasteiger partial charge < -0.3 is 18.3 Å². The van der Waals surface area contributed by atoms with E-state index in [0.29, 0.717) is 18.0 Å². The maximum absolute atomic E-state index is 5.39. The van der Waals surface area contributed by atoms with Gasteiger partial charge in [-0.25, -0.2) is 4.90 Å². The summed E-state index contributed by atoms with van der Waals surface area (Å²) in [7, 11) is 2.05. The summed E-state index contributed by atoms with van der Waals surface area (Å²) in [5.41, 5.74) is 0.548. The molecule has 2 fully saturated rings. The summed E-state index contributed by atoms with van der Waals surface area (Å²) in [5, 5.41) is 0. The van der Waals surface area contributed by atoms with E-state index in [1.165, 1.54) is 0 Å². The van der Waals surface area contributed by atoms with Gasteiger partial charge >= 0.3 is 9.28 Å². The van der Waals surface area contributed by atoms with Gasteiger partial charge in [0.15, 0.2) is 0 Å². The highest BCUT2D eigenvalue weighted by Gasteiger charge is 2.41. The first-order valence-corrected chi connectivity index (χ1v) is 7.91. The van der Waals surface area contributed by atoms with Gasteiger partial charge in [0.1, 0.15) is 12.5 Å². The summed E-state index contributed by atoms with van der Waals surface area (Å²) >= 11 is 0. The van der Waals surface area contributed by atoms with Crippen LogP contribution in [0.1, 0.15) is 19.8 Å². The maximum atomic E-state index is 5.39. The van der Waals surface area contributed by atoms with Crippen LogP contribution in [-0.2, 0) is 18.3 Å². The fourth-order valence-electron chi connectivity index (χ4n) is 2.24. The normalized spacial score (nSPS) is 28.8. The number of epoxide rings is 2. The molecule has 2 heterocycles. The van der Waals surface area contributed by atoms with Crippen LogP contribution < -0.4 is 0 Å². The lowest BCUT2D eigenvalue weighted by molar-refractivity contribution is 0.111. The van der Waals surface area contributed by atoms with Crippen LogP contribution >= 0.6 is 0 Å². The molecule has 0 N–H and O–H groups in total. The quantitative estimate of drug-likeness (QED) is 0.451. The van der Waals surface area contributed by atoms with Gasteiger partial charge in [-0.15, -0.1) is 0 Å². The van der Waals surface area contributed by atoms with E-state index in [9.17, 15) is 0 Å². The molecule has 2 rings (SSSR count). The average Bonchev–Trinajstić information content (AvgIpc) is 3.17. The summed E-state index contributed by atoms with van der Waals surface area (Å²) in [5.74, 6) is 0. The third-order valence-electron chi connectivity index (χ3n) is 3.38. The van der Waals surface area contributed by atoms with Crippen molar-refractivity contribution in [2.24, 2.45) is 0 Å².